The highest BCUT2D eigenvalue weighted by Crippen LogP contribution is 2.26. The molecule has 0 atom stereocenters. The van der Waals surface area contributed by atoms with Gasteiger partial charge < -0.3 is 10.0 Å². The van der Waals surface area contributed by atoms with Crippen LogP contribution in [0.5, 0.6) is 0 Å². The fourth-order valence-corrected chi connectivity index (χ4v) is 3.41. The number of hydrogen-bond acceptors (Lipinski definition) is 4. The highest BCUT2D eigenvalue weighted by atomic mass is 32.1. The van der Waals surface area contributed by atoms with Crippen molar-refractivity contribution >= 4 is 23.0 Å². The molecule has 0 aliphatic heterocycles. The van der Waals surface area contributed by atoms with Crippen LogP contribution in [0.4, 0.5) is 5.69 Å². The molecule has 1 aromatic heterocycles. The van der Waals surface area contributed by atoms with Gasteiger partial charge in [0.25, 0.3) is 0 Å². The minimum absolute atomic E-state index is 0.132. The summed E-state index contributed by atoms with van der Waals surface area (Å²) in [6.07, 6.45) is 0.764. The summed E-state index contributed by atoms with van der Waals surface area (Å²) in [5.74, 6) is -0.740. The van der Waals surface area contributed by atoms with Crippen LogP contribution in [0.1, 0.15) is 47.1 Å². The molecule has 2 rings (SSSR count). The number of thiazole rings is 1. The van der Waals surface area contributed by atoms with Crippen LogP contribution in [0, 0.1) is 0 Å². The molecule has 0 bridgehead atoms. The maximum absolute atomic E-state index is 11.3. The SMILES string of the molecule is CCN(CCc1nc(C(C)C)c(C(=O)O)s1)c1ccccc1. The lowest BCUT2D eigenvalue weighted by Gasteiger charge is -2.22. The molecular formula is C17H22N2O2S. The summed E-state index contributed by atoms with van der Waals surface area (Å²) in [7, 11) is 0. The molecule has 0 aliphatic carbocycles. The number of carboxylic acids is 1. The monoisotopic (exact) mass is 318 g/mol. The Hall–Kier alpha value is -1.88. The van der Waals surface area contributed by atoms with Gasteiger partial charge in [-0.15, -0.1) is 11.3 Å². The highest BCUT2D eigenvalue weighted by molar-refractivity contribution is 7.13. The van der Waals surface area contributed by atoms with Gasteiger partial charge in [-0.1, -0.05) is 32.0 Å². The van der Waals surface area contributed by atoms with Gasteiger partial charge in [-0.3, -0.25) is 0 Å². The van der Waals surface area contributed by atoms with Gasteiger partial charge in [-0.25, -0.2) is 9.78 Å². The van der Waals surface area contributed by atoms with Crippen molar-refractivity contribution in [1.82, 2.24) is 4.98 Å². The Morgan fingerprint density at radius 1 is 1.32 bits per heavy atom. The van der Waals surface area contributed by atoms with Crippen LogP contribution in [0.3, 0.4) is 0 Å². The van der Waals surface area contributed by atoms with Crippen LogP contribution < -0.4 is 4.90 Å². The molecule has 0 saturated heterocycles. The lowest BCUT2D eigenvalue weighted by atomic mass is 10.1. The maximum Gasteiger partial charge on any atom is 0.347 e. The molecule has 0 spiro atoms. The average Bonchev–Trinajstić information content (AvgIpc) is 2.94. The van der Waals surface area contributed by atoms with Crippen LogP contribution in [0.15, 0.2) is 30.3 Å². The predicted octanol–water partition coefficient (Wildman–Crippen LogP) is 4.03. The van der Waals surface area contributed by atoms with E-state index >= 15 is 0 Å². The zero-order valence-corrected chi connectivity index (χ0v) is 14.1. The summed E-state index contributed by atoms with van der Waals surface area (Å²) in [5, 5.41) is 10.2. The molecular weight excluding hydrogens is 296 g/mol. The van der Waals surface area contributed by atoms with Gasteiger partial charge >= 0.3 is 5.97 Å². The van der Waals surface area contributed by atoms with E-state index in [1.54, 1.807) is 0 Å². The molecule has 0 fully saturated rings. The first-order chi connectivity index (χ1) is 10.5. The molecule has 0 radical (unpaired) electrons. The normalized spacial score (nSPS) is 10.9. The number of benzene rings is 1. The molecule has 1 heterocycles. The second kappa shape index (κ2) is 7.40. The van der Waals surface area contributed by atoms with E-state index in [2.05, 4.69) is 28.9 Å². The van der Waals surface area contributed by atoms with E-state index in [1.807, 2.05) is 32.0 Å². The van der Waals surface area contributed by atoms with Crippen LogP contribution in [-0.2, 0) is 6.42 Å². The molecule has 4 nitrogen and oxygen atoms in total. The molecule has 22 heavy (non-hydrogen) atoms. The third kappa shape index (κ3) is 3.85. The molecule has 0 unspecified atom stereocenters. The second-order valence-corrected chi connectivity index (χ2v) is 6.53. The fraction of sp³-hybridized carbons (Fsp3) is 0.412. The quantitative estimate of drug-likeness (QED) is 0.837. The van der Waals surface area contributed by atoms with Gasteiger partial charge in [0.05, 0.1) is 10.7 Å². The van der Waals surface area contributed by atoms with Crippen molar-refractivity contribution in [1.29, 1.82) is 0 Å². The van der Waals surface area contributed by atoms with Crippen molar-refractivity contribution in [3.05, 3.63) is 45.9 Å². The smallest absolute Gasteiger partial charge is 0.347 e. The van der Waals surface area contributed by atoms with E-state index in [1.165, 1.54) is 17.0 Å². The number of rotatable bonds is 7. The lowest BCUT2D eigenvalue weighted by molar-refractivity contribution is 0.0700. The molecule has 0 amide bonds. The highest BCUT2D eigenvalue weighted by Gasteiger charge is 2.19. The van der Waals surface area contributed by atoms with E-state index in [9.17, 15) is 9.90 Å². The first kappa shape index (κ1) is 16.5. The first-order valence-electron chi connectivity index (χ1n) is 7.55. The molecule has 1 N–H and O–H groups in total. The van der Waals surface area contributed by atoms with Gasteiger partial charge in [0.2, 0.25) is 0 Å². The third-order valence-electron chi connectivity index (χ3n) is 3.54. The van der Waals surface area contributed by atoms with Crippen molar-refractivity contribution in [3.63, 3.8) is 0 Å². The number of anilines is 1. The minimum Gasteiger partial charge on any atom is -0.477 e. The van der Waals surface area contributed by atoms with Crippen molar-refractivity contribution in [2.45, 2.75) is 33.1 Å². The number of likely N-dealkylation sites (N-methyl/N-ethyl adjacent to an activating group) is 1. The third-order valence-corrected chi connectivity index (χ3v) is 4.66. The molecule has 0 saturated carbocycles. The minimum atomic E-state index is -0.872. The number of nitrogens with zero attached hydrogens (tertiary/aromatic N) is 2. The molecule has 118 valence electrons. The van der Waals surface area contributed by atoms with Gasteiger partial charge in [0, 0.05) is 25.2 Å². The summed E-state index contributed by atoms with van der Waals surface area (Å²) in [6.45, 7) is 7.83. The van der Waals surface area contributed by atoms with E-state index in [0.29, 0.717) is 10.6 Å². The zero-order valence-electron chi connectivity index (χ0n) is 13.2. The summed E-state index contributed by atoms with van der Waals surface area (Å²) in [6, 6.07) is 10.2. The van der Waals surface area contributed by atoms with E-state index < -0.39 is 5.97 Å². The second-order valence-electron chi connectivity index (χ2n) is 5.45. The number of para-hydroxylation sites is 1. The summed E-state index contributed by atoms with van der Waals surface area (Å²) in [4.78, 5) is 18.5. The Morgan fingerprint density at radius 3 is 2.50 bits per heavy atom. The van der Waals surface area contributed by atoms with Crippen LogP contribution in [0.25, 0.3) is 0 Å². The van der Waals surface area contributed by atoms with Gasteiger partial charge in [-0.2, -0.15) is 0 Å². The van der Waals surface area contributed by atoms with Gasteiger partial charge in [0.1, 0.15) is 4.88 Å². The summed E-state index contributed by atoms with van der Waals surface area (Å²) < 4.78 is 0. The van der Waals surface area contributed by atoms with Crippen molar-refractivity contribution in [2.24, 2.45) is 0 Å². The van der Waals surface area contributed by atoms with Crippen molar-refractivity contribution in [3.8, 4) is 0 Å². The van der Waals surface area contributed by atoms with Gasteiger partial charge in [0.15, 0.2) is 0 Å². The van der Waals surface area contributed by atoms with E-state index in [-0.39, 0.29) is 5.92 Å². The largest absolute Gasteiger partial charge is 0.477 e. The number of hydrogen-bond donors (Lipinski definition) is 1. The first-order valence-corrected chi connectivity index (χ1v) is 8.37. The van der Waals surface area contributed by atoms with Crippen LogP contribution >= 0.6 is 11.3 Å². The van der Waals surface area contributed by atoms with Crippen LogP contribution in [-0.4, -0.2) is 29.1 Å². The molecule has 2 aromatic rings. The van der Waals surface area contributed by atoms with Crippen molar-refractivity contribution in [2.75, 3.05) is 18.0 Å². The van der Waals surface area contributed by atoms with Crippen molar-refractivity contribution < 1.29 is 9.90 Å². The average molecular weight is 318 g/mol. The maximum atomic E-state index is 11.3. The number of aromatic carboxylic acids is 1. The number of carboxylic acid groups (broad SMARTS) is 1. The van der Waals surface area contributed by atoms with Crippen LogP contribution in [0.2, 0.25) is 0 Å². The Bertz CT molecular complexity index is 623. The predicted molar refractivity (Wildman–Crippen MR) is 91.2 cm³/mol. The number of aromatic nitrogens is 1. The Labute approximate surface area is 135 Å². The van der Waals surface area contributed by atoms with E-state index in [0.717, 1.165) is 24.5 Å². The standard InChI is InChI=1S/C17H22N2O2S/c1-4-19(13-8-6-5-7-9-13)11-10-14-18-15(12(2)3)16(22-14)17(20)21/h5-9,12H,4,10-11H2,1-3H3,(H,20,21). The fourth-order valence-electron chi connectivity index (χ4n) is 2.37. The Balaban J connectivity index is 2.11. The van der Waals surface area contributed by atoms with E-state index in [4.69, 9.17) is 0 Å². The Kier molecular flexibility index (Phi) is 5.55. The summed E-state index contributed by atoms with van der Waals surface area (Å²) >= 11 is 1.31. The molecule has 5 heteroatoms. The lowest BCUT2D eigenvalue weighted by Crippen LogP contribution is -2.25. The molecule has 0 aliphatic rings. The number of carbonyl (C=O) groups is 1. The Morgan fingerprint density at radius 2 is 2.00 bits per heavy atom. The topological polar surface area (TPSA) is 53.4 Å². The molecule has 1 aromatic carbocycles. The van der Waals surface area contributed by atoms with Gasteiger partial charge in [-0.05, 0) is 25.0 Å². The summed E-state index contributed by atoms with van der Waals surface area (Å²) in [5.41, 5.74) is 1.89. The zero-order chi connectivity index (χ0) is 16.1.